The van der Waals surface area contributed by atoms with Crippen LogP contribution in [-0.2, 0) is 0 Å². The second-order valence-corrected chi connectivity index (χ2v) is 3.99. The molecule has 0 aliphatic carbocycles. The lowest BCUT2D eigenvalue weighted by molar-refractivity contribution is 0.507. The first kappa shape index (κ1) is 10.3. The smallest absolute Gasteiger partial charge is 0.173 e. The number of nitrogens with zero attached hydrogens (tertiary/aromatic N) is 1. The van der Waals surface area contributed by atoms with Crippen molar-refractivity contribution >= 4 is 15.9 Å². The molecule has 0 atom stereocenters. The fraction of sp³-hybridized carbons (Fsp3) is 0.100. The topological polar surface area (TPSA) is 28.7 Å². The molecule has 15 heavy (non-hydrogen) atoms. The number of nitrogens with one attached hydrogen (secondary N) is 1. The van der Waals surface area contributed by atoms with Crippen LogP contribution in [0.2, 0.25) is 0 Å². The minimum atomic E-state index is -0.881. The van der Waals surface area contributed by atoms with Crippen LogP contribution in [0, 0.1) is 18.6 Å². The molecule has 1 heterocycles. The van der Waals surface area contributed by atoms with Crippen LogP contribution in [0.5, 0.6) is 0 Å². The molecule has 0 unspecified atom stereocenters. The van der Waals surface area contributed by atoms with E-state index in [4.69, 9.17) is 0 Å². The molecule has 2 nitrogen and oxygen atoms in total. The van der Waals surface area contributed by atoms with E-state index in [1.165, 1.54) is 18.3 Å². The summed E-state index contributed by atoms with van der Waals surface area (Å²) in [4.78, 5) is 0. The van der Waals surface area contributed by atoms with Crippen LogP contribution >= 0.6 is 15.9 Å². The molecule has 0 bridgehead atoms. The molecule has 2 aromatic rings. The third-order valence-electron chi connectivity index (χ3n) is 2.16. The molecule has 0 fully saturated rings. The molecule has 2 rings (SSSR count). The Kier molecular flexibility index (Phi) is 2.56. The summed E-state index contributed by atoms with van der Waals surface area (Å²) in [5, 5.41) is 6.44. The Bertz CT molecular complexity index is 508. The van der Waals surface area contributed by atoms with Gasteiger partial charge in [0, 0.05) is 16.8 Å². The van der Waals surface area contributed by atoms with Gasteiger partial charge < -0.3 is 0 Å². The highest BCUT2D eigenvalue weighted by Gasteiger charge is 2.15. The summed E-state index contributed by atoms with van der Waals surface area (Å²) in [5.41, 5.74) is 1.48. The fourth-order valence-electron chi connectivity index (χ4n) is 1.36. The molecule has 0 aliphatic heterocycles. The Morgan fingerprint density at radius 3 is 2.53 bits per heavy atom. The zero-order valence-electron chi connectivity index (χ0n) is 7.81. The van der Waals surface area contributed by atoms with Gasteiger partial charge in [-0.1, -0.05) is 0 Å². The Labute approximate surface area is 93.4 Å². The lowest BCUT2D eigenvalue weighted by Crippen LogP contribution is -1.91. The molecule has 1 N–H and O–H groups in total. The van der Waals surface area contributed by atoms with Gasteiger partial charge in [-0.3, -0.25) is 5.10 Å². The van der Waals surface area contributed by atoms with E-state index in [1.807, 2.05) is 0 Å². The van der Waals surface area contributed by atoms with Crippen molar-refractivity contribution in [3.05, 3.63) is 40.1 Å². The van der Waals surface area contributed by atoms with E-state index in [2.05, 4.69) is 26.1 Å². The number of hydrogen-bond acceptors (Lipinski definition) is 1. The zero-order valence-corrected chi connectivity index (χ0v) is 9.40. The van der Waals surface area contributed by atoms with Crippen molar-refractivity contribution in [3.8, 4) is 11.1 Å². The zero-order chi connectivity index (χ0) is 11.0. The summed E-state index contributed by atoms with van der Waals surface area (Å²) in [6.45, 7) is 1.75. The average Bonchev–Trinajstić information content (AvgIpc) is 2.62. The molecular weight excluding hydrogens is 266 g/mol. The maximum absolute atomic E-state index is 13.6. The van der Waals surface area contributed by atoms with Crippen molar-refractivity contribution in [2.24, 2.45) is 0 Å². The normalized spacial score (nSPS) is 10.7. The van der Waals surface area contributed by atoms with Gasteiger partial charge in [0.2, 0.25) is 0 Å². The molecule has 1 aromatic carbocycles. The molecule has 0 saturated heterocycles. The van der Waals surface area contributed by atoms with Crippen LogP contribution in [0.1, 0.15) is 5.69 Å². The number of H-pyrrole nitrogens is 1. The van der Waals surface area contributed by atoms with E-state index in [1.54, 1.807) is 6.92 Å². The minimum Gasteiger partial charge on any atom is -0.282 e. The molecule has 1 aromatic heterocycles. The lowest BCUT2D eigenvalue weighted by Gasteiger charge is -2.03. The van der Waals surface area contributed by atoms with Crippen LogP contribution in [0.4, 0.5) is 8.78 Å². The fourth-order valence-corrected chi connectivity index (χ4v) is 1.66. The van der Waals surface area contributed by atoms with E-state index in [-0.39, 0.29) is 10.0 Å². The highest BCUT2D eigenvalue weighted by atomic mass is 79.9. The van der Waals surface area contributed by atoms with Crippen molar-refractivity contribution in [3.63, 3.8) is 0 Å². The molecule has 0 amide bonds. The summed E-state index contributed by atoms with van der Waals surface area (Å²) in [5.74, 6) is -1.75. The highest BCUT2D eigenvalue weighted by Crippen LogP contribution is 2.29. The molecule has 0 saturated carbocycles. The van der Waals surface area contributed by atoms with E-state index < -0.39 is 11.6 Å². The molecule has 78 valence electrons. The Morgan fingerprint density at radius 2 is 1.93 bits per heavy atom. The Hall–Kier alpha value is -1.23. The van der Waals surface area contributed by atoms with Crippen LogP contribution < -0.4 is 0 Å². The number of aryl methyl sites for hydroxylation is 1. The third kappa shape index (κ3) is 1.67. The van der Waals surface area contributed by atoms with Crippen molar-refractivity contribution in [1.82, 2.24) is 10.2 Å². The van der Waals surface area contributed by atoms with Gasteiger partial charge in [-0.25, -0.2) is 8.78 Å². The predicted molar refractivity (Wildman–Crippen MR) is 56.4 cm³/mol. The first-order chi connectivity index (χ1) is 7.11. The number of hydrogen-bond donors (Lipinski definition) is 1. The van der Waals surface area contributed by atoms with Gasteiger partial charge in [0.15, 0.2) is 11.6 Å². The van der Waals surface area contributed by atoms with Crippen molar-refractivity contribution in [2.75, 3.05) is 0 Å². The monoisotopic (exact) mass is 272 g/mol. The second kappa shape index (κ2) is 3.73. The molecular formula is C10H7BrF2N2. The van der Waals surface area contributed by atoms with Crippen LogP contribution in [-0.4, -0.2) is 10.2 Å². The van der Waals surface area contributed by atoms with Gasteiger partial charge in [0.1, 0.15) is 0 Å². The van der Waals surface area contributed by atoms with E-state index >= 15 is 0 Å². The van der Waals surface area contributed by atoms with Crippen LogP contribution in [0.3, 0.4) is 0 Å². The van der Waals surface area contributed by atoms with Gasteiger partial charge in [-0.15, -0.1) is 0 Å². The minimum absolute atomic E-state index is 0.116. The quantitative estimate of drug-likeness (QED) is 0.792. The van der Waals surface area contributed by atoms with Gasteiger partial charge in [0.25, 0.3) is 0 Å². The summed E-state index contributed by atoms with van der Waals surface area (Å²) < 4.78 is 26.9. The van der Waals surface area contributed by atoms with Crippen molar-refractivity contribution < 1.29 is 8.78 Å². The van der Waals surface area contributed by atoms with Gasteiger partial charge >= 0.3 is 0 Å². The summed E-state index contributed by atoms with van der Waals surface area (Å²) >= 11 is 2.92. The largest absolute Gasteiger partial charge is 0.282 e. The standard InChI is InChI=1S/C10H7BrF2N2/c1-5-7(4-14-15-5)6-2-3-8(11)10(13)9(6)12/h2-4H,1H3,(H,14,15). The maximum Gasteiger partial charge on any atom is 0.173 e. The van der Waals surface area contributed by atoms with Crippen molar-refractivity contribution in [1.29, 1.82) is 0 Å². The van der Waals surface area contributed by atoms with Gasteiger partial charge in [0.05, 0.1) is 10.7 Å². The molecule has 0 spiro atoms. The summed E-state index contributed by atoms with van der Waals surface area (Å²) in [7, 11) is 0. The first-order valence-corrected chi connectivity index (χ1v) is 5.04. The number of benzene rings is 1. The van der Waals surface area contributed by atoms with E-state index in [0.717, 1.165) is 0 Å². The molecule has 5 heteroatoms. The SMILES string of the molecule is Cc1[nH]ncc1-c1ccc(Br)c(F)c1F. The Balaban J connectivity index is 2.65. The number of halogens is 3. The van der Waals surface area contributed by atoms with Crippen molar-refractivity contribution in [2.45, 2.75) is 6.92 Å². The molecule has 0 radical (unpaired) electrons. The van der Waals surface area contributed by atoms with E-state index in [0.29, 0.717) is 11.3 Å². The van der Waals surface area contributed by atoms with Crippen LogP contribution in [0.15, 0.2) is 22.8 Å². The maximum atomic E-state index is 13.6. The summed E-state index contributed by atoms with van der Waals surface area (Å²) in [6, 6.07) is 2.99. The predicted octanol–water partition coefficient (Wildman–Crippen LogP) is 3.43. The van der Waals surface area contributed by atoms with E-state index in [9.17, 15) is 8.78 Å². The lowest BCUT2D eigenvalue weighted by atomic mass is 10.1. The number of rotatable bonds is 1. The Morgan fingerprint density at radius 1 is 1.20 bits per heavy atom. The second-order valence-electron chi connectivity index (χ2n) is 3.13. The van der Waals surface area contributed by atoms with Gasteiger partial charge in [-0.2, -0.15) is 5.10 Å². The first-order valence-electron chi connectivity index (χ1n) is 4.25. The third-order valence-corrected chi connectivity index (χ3v) is 2.77. The summed E-state index contributed by atoms with van der Waals surface area (Å²) in [6.07, 6.45) is 1.47. The van der Waals surface area contributed by atoms with Crippen LogP contribution in [0.25, 0.3) is 11.1 Å². The average molecular weight is 273 g/mol. The van der Waals surface area contributed by atoms with Gasteiger partial charge in [-0.05, 0) is 35.0 Å². The number of aromatic amines is 1. The number of aromatic nitrogens is 2. The highest BCUT2D eigenvalue weighted by molar-refractivity contribution is 9.10. The molecule has 0 aliphatic rings.